The molecule has 0 aliphatic heterocycles. The first kappa shape index (κ1) is 21.2. The van der Waals surface area contributed by atoms with Crippen LogP contribution in [0.25, 0.3) is 11.0 Å². The maximum Gasteiger partial charge on any atom is 0.251 e. The van der Waals surface area contributed by atoms with Crippen LogP contribution in [0.3, 0.4) is 0 Å². The highest BCUT2D eigenvalue weighted by Gasteiger charge is 2.27. The second-order valence-electron chi connectivity index (χ2n) is 8.56. The van der Waals surface area contributed by atoms with Gasteiger partial charge >= 0.3 is 0 Å². The number of benzene rings is 2. The Morgan fingerprint density at radius 2 is 1.87 bits per heavy atom. The fourth-order valence-electron chi connectivity index (χ4n) is 4.67. The Labute approximate surface area is 183 Å². The van der Waals surface area contributed by atoms with Gasteiger partial charge in [0.15, 0.2) is 0 Å². The number of aromatic nitrogens is 2. The summed E-state index contributed by atoms with van der Waals surface area (Å²) in [5.74, 6) is 3.15. The summed E-state index contributed by atoms with van der Waals surface area (Å²) in [7, 11) is 5.29. The lowest BCUT2D eigenvalue weighted by Crippen LogP contribution is -2.31. The summed E-state index contributed by atoms with van der Waals surface area (Å²) in [6.07, 6.45) is 4.47. The summed E-state index contributed by atoms with van der Waals surface area (Å²) >= 11 is 0. The van der Waals surface area contributed by atoms with Crippen molar-refractivity contribution in [2.24, 2.45) is 13.0 Å². The number of fused-ring (bicyclic) bond motifs is 1. The maximum absolute atomic E-state index is 12.7. The van der Waals surface area contributed by atoms with Crippen molar-refractivity contribution in [2.45, 2.75) is 38.5 Å². The van der Waals surface area contributed by atoms with Crippen LogP contribution in [0, 0.1) is 12.8 Å². The number of imidazole rings is 1. The van der Waals surface area contributed by atoms with E-state index in [0.29, 0.717) is 35.4 Å². The number of hydrogen-bond donors (Lipinski definition) is 1. The zero-order valence-corrected chi connectivity index (χ0v) is 18.8. The molecule has 1 aliphatic carbocycles. The lowest BCUT2D eigenvalue weighted by molar-refractivity contribution is 0.0941. The monoisotopic (exact) mass is 421 g/mol. The molecular formula is C25H31N3O3. The second kappa shape index (κ2) is 9.00. The molecule has 0 saturated heterocycles. The maximum atomic E-state index is 12.7. The summed E-state index contributed by atoms with van der Waals surface area (Å²) in [5.41, 5.74) is 4.05. The summed E-state index contributed by atoms with van der Waals surface area (Å²) in [5, 5.41) is 3.11. The molecule has 1 aliphatic rings. The Kier molecular flexibility index (Phi) is 6.16. The van der Waals surface area contributed by atoms with Crippen molar-refractivity contribution >= 4 is 16.9 Å². The van der Waals surface area contributed by atoms with Crippen LogP contribution in [0.4, 0.5) is 0 Å². The highest BCUT2D eigenvalue weighted by atomic mass is 16.5. The highest BCUT2D eigenvalue weighted by Crippen LogP contribution is 2.36. The van der Waals surface area contributed by atoms with E-state index in [2.05, 4.69) is 42.1 Å². The Hall–Kier alpha value is -3.02. The van der Waals surface area contributed by atoms with E-state index < -0.39 is 0 Å². The molecule has 1 saturated carbocycles. The van der Waals surface area contributed by atoms with E-state index >= 15 is 0 Å². The molecule has 1 aromatic heterocycles. The predicted molar refractivity (Wildman–Crippen MR) is 122 cm³/mol. The Balaban J connectivity index is 1.43. The molecule has 1 heterocycles. The standard InChI is InChI=1S/C25H31N3O3/c1-16-8-9-22-23(10-16)28(2)24(27-22)18-7-5-6-17(11-18)15-26-25(29)19-12-20(30-3)14-21(13-19)31-4/h8-10,12-14,17-18H,5-7,11,15H2,1-4H3,(H,26,29). The number of hydrogen-bond acceptors (Lipinski definition) is 4. The minimum absolute atomic E-state index is 0.0995. The number of nitrogens with zero attached hydrogens (tertiary/aromatic N) is 2. The van der Waals surface area contributed by atoms with Gasteiger partial charge in [-0.05, 0) is 61.9 Å². The lowest BCUT2D eigenvalue weighted by Gasteiger charge is -2.29. The first-order valence-electron chi connectivity index (χ1n) is 10.9. The van der Waals surface area contributed by atoms with Gasteiger partial charge in [-0.25, -0.2) is 4.98 Å². The molecule has 4 rings (SSSR count). The predicted octanol–water partition coefficient (Wildman–Crippen LogP) is 4.60. The molecule has 6 heteroatoms. The van der Waals surface area contributed by atoms with Gasteiger partial charge in [0, 0.05) is 31.1 Å². The first-order valence-corrected chi connectivity index (χ1v) is 10.9. The number of carbonyl (C=O) groups is 1. The number of rotatable bonds is 6. The van der Waals surface area contributed by atoms with Gasteiger partial charge in [0.1, 0.15) is 17.3 Å². The minimum Gasteiger partial charge on any atom is -0.497 e. The molecule has 164 valence electrons. The lowest BCUT2D eigenvalue weighted by atomic mass is 9.81. The van der Waals surface area contributed by atoms with Crippen LogP contribution in [0.5, 0.6) is 11.5 Å². The van der Waals surface area contributed by atoms with Crippen LogP contribution in [-0.4, -0.2) is 36.2 Å². The van der Waals surface area contributed by atoms with Gasteiger partial charge in [-0.1, -0.05) is 12.5 Å². The van der Waals surface area contributed by atoms with E-state index in [1.165, 1.54) is 11.1 Å². The van der Waals surface area contributed by atoms with Gasteiger partial charge in [-0.2, -0.15) is 0 Å². The Morgan fingerprint density at radius 1 is 1.13 bits per heavy atom. The van der Waals surface area contributed by atoms with Crippen molar-refractivity contribution < 1.29 is 14.3 Å². The van der Waals surface area contributed by atoms with Gasteiger partial charge in [-0.3, -0.25) is 4.79 Å². The van der Waals surface area contributed by atoms with Crippen molar-refractivity contribution in [3.05, 3.63) is 53.3 Å². The summed E-state index contributed by atoms with van der Waals surface area (Å²) in [6.45, 7) is 2.78. The van der Waals surface area contributed by atoms with Crippen molar-refractivity contribution in [3.63, 3.8) is 0 Å². The van der Waals surface area contributed by atoms with E-state index in [1.54, 1.807) is 32.4 Å². The fraction of sp³-hybridized carbons (Fsp3) is 0.440. The topological polar surface area (TPSA) is 65.4 Å². The largest absolute Gasteiger partial charge is 0.497 e. The molecule has 1 N–H and O–H groups in total. The molecule has 1 amide bonds. The van der Waals surface area contributed by atoms with Crippen molar-refractivity contribution in [2.75, 3.05) is 20.8 Å². The van der Waals surface area contributed by atoms with Crippen LogP contribution in [-0.2, 0) is 7.05 Å². The number of methoxy groups -OCH3 is 2. The molecule has 2 aromatic carbocycles. The van der Waals surface area contributed by atoms with Crippen LogP contribution in [0.1, 0.15) is 53.3 Å². The first-order chi connectivity index (χ1) is 15.0. The van der Waals surface area contributed by atoms with Crippen LogP contribution in [0.2, 0.25) is 0 Å². The molecule has 0 spiro atoms. The van der Waals surface area contributed by atoms with Gasteiger partial charge in [0.25, 0.3) is 5.91 Å². The van der Waals surface area contributed by atoms with Gasteiger partial charge in [-0.15, -0.1) is 0 Å². The number of nitrogens with one attached hydrogen (secondary N) is 1. The van der Waals surface area contributed by atoms with Gasteiger partial charge < -0.3 is 19.4 Å². The smallest absolute Gasteiger partial charge is 0.251 e. The number of carbonyl (C=O) groups excluding carboxylic acids is 1. The SMILES string of the molecule is COc1cc(OC)cc(C(=O)NCC2CCCC(c3nc4ccc(C)cc4n3C)C2)c1. The molecular weight excluding hydrogens is 390 g/mol. The molecule has 0 bridgehead atoms. The quantitative estimate of drug-likeness (QED) is 0.632. The number of aryl methyl sites for hydroxylation is 2. The van der Waals surface area contributed by atoms with Crippen LogP contribution < -0.4 is 14.8 Å². The van der Waals surface area contributed by atoms with Gasteiger partial charge in [0.05, 0.1) is 25.3 Å². The zero-order valence-electron chi connectivity index (χ0n) is 18.8. The number of ether oxygens (including phenoxy) is 2. The second-order valence-corrected chi connectivity index (χ2v) is 8.56. The summed E-state index contributed by atoms with van der Waals surface area (Å²) in [4.78, 5) is 17.7. The Bertz CT molecular complexity index is 1070. The molecule has 1 fully saturated rings. The third kappa shape index (κ3) is 4.53. The molecule has 2 unspecified atom stereocenters. The molecule has 31 heavy (non-hydrogen) atoms. The van der Waals surface area contributed by atoms with E-state index in [1.807, 2.05) is 0 Å². The van der Waals surface area contributed by atoms with Crippen molar-refractivity contribution in [1.82, 2.24) is 14.9 Å². The minimum atomic E-state index is -0.0995. The molecule has 3 aromatic rings. The summed E-state index contributed by atoms with van der Waals surface area (Å²) in [6, 6.07) is 11.7. The molecule has 6 nitrogen and oxygen atoms in total. The Morgan fingerprint density at radius 3 is 2.58 bits per heavy atom. The average Bonchev–Trinajstić information content (AvgIpc) is 3.13. The fourth-order valence-corrected chi connectivity index (χ4v) is 4.67. The zero-order chi connectivity index (χ0) is 22.0. The van der Waals surface area contributed by atoms with Crippen molar-refractivity contribution in [3.8, 4) is 11.5 Å². The van der Waals surface area contributed by atoms with Crippen LogP contribution >= 0.6 is 0 Å². The molecule has 2 atom stereocenters. The molecule has 0 radical (unpaired) electrons. The third-order valence-corrected chi connectivity index (χ3v) is 6.38. The summed E-state index contributed by atoms with van der Waals surface area (Å²) < 4.78 is 12.8. The van der Waals surface area contributed by atoms with Gasteiger partial charge in [0.2, 0.25) is 0 Å². The van der Waals surface area contributed by atoms with Crippen LogP contribution in [0.15, 0.2) is 36.4 Å². The van der Waals surface area contributed by atoms with E-state index in [0.717, 1.165) is 37.0 Å². The number of amides is 1. The van der Waals surface area contributed by atoms with E-state index in [-0.39, 0.29) is 5.91 Å². The normalized spacial score (nSPS) is 18.7. The average molecular weight is 422 g/mol. The van der Waals surface area contributed by atoms with E-state index in [4.69, 9.17) is 14.5 Å². The third-order valence-electron chi connectivity index (χ3n) is 6.38. The van der Waals surface area contributed by atoms with Crippen molar-refractivity contribution in [1.29, 1.82) is 0 Å². The highest BCUT2D eigenvalue weighted by molar-refractivity contribution is 5.95. The van der Waals surface area contributed by atoms with E-state index in [9.17, 15) is 4.79 Å².